The molecule has 1 aromatic heterocycles. The number of benzene rings is 2. The molecule has 1 aliphatic heterocycles. The Hall–Kier alpha value is -3.40. The predicted molar refractivity (Wildman–Crippen MR) is 131 cm³/mol. The van der Waals surface area contributed by atoms with Gasteiger partial charge in [-0.2, -0.15) is 4.98 Å². The van der Waals surface area contributed by atoms with Gasteiger partial charge in [-0.25, -0.2) is 10.5 Å². The third-order valence-electron chi connectivity index (χ3n) is 5.36. The highest BCUT2D eigenvalue weighted by Crippen LogP contribution is 2.27. The number of anilines is 5. The van der Waals surface area contributed by atoms with E-state index in [1.165, 1.54) is 19.0 Å². The third kappa shape index (κ3) is 5.70. The van der Waals surface area contributed by atoms with Crippen molar-refractivity contribution in [3.63, 3.8) is 0 Å². The topological polar surface area (TPSA) is 94.6 Å². The molecular weight excluding hydrogens is 442 g/mol. The van der Waals surface area contributed by atoms with Crippen molar-refractivity contribution < 1.29 is 9.63 Å². The van der Waals surface area contributed by atoms with Crippen molar-refractivity contribution in [1.29, 1.82) is 0 Å². The number of halogens is 1. The van der Waals surface area contributed by atoms with Gasteiger partial charge in [-0.1, -0.05) is 23.7 Å². The Morgan fingerprint density at radius 3 is 2.48 bits per heavy atom. The lowest BCUT2D eigenvalue weighted by Crippen LogP contribution is -2.44. The number of aromatic nitrogens is 2. The number of carbonyl (C=O) groups excluding carboxylic acids is 1. The molecule has 0 saturated carbocycles. The van der Waals surface area contributed by atoms with Gasteiger partial charge in [-0.05, 0) is 43.4 Å². The number of piperazine rings is 1. The molecule has 0 spiro atoms. The zero-order valence-corrected chi connectivity index (χ0v) is 19.3. The minimum absolute atomic E-state index is 0.327. The Kier molecular flexibility index (Phi) is 7.23. The molecule has 0 bridgehead atoms. The maximum Gasteiger partial charge on any atom is 0.276 e. The Morgan fingerprint density at radius 2 is 1.76 bits per heavy atom. The standard InChI is InChI=1S/C23H26ClN7O2/c1-30-11-13-31(14-12-30)17-9-7-16(8-10-17)26-23-25-15-19(24)21(28-23)27-20-6-4-3-5-18(20)22(32)29-33-2/h3-10,15H,11-14H2,1-2H3,(H,29,32)(H2,25,26,27,28). The second-order valence-electron chi connectivity index (χ2n) is 7.66. The first kappa shape index (κ1) is 22.8. The summed E-state index contributed by atoms with van der Waals surface area (Å²) in [5.74, 6) is 0.374. The molecule has 3 N–H and O–H groups in total. The molecule has 1 amide bonds. The Labute approximate surface area is 197 Å². The summed E-state index contributed by atoms with van der Waals surface area (Å²) in [5.41, 5.74) is 5.30. The minimum Gasteiger partial charge on any atom is -0.369 e. The van der Waals surface area contributed by atoms with Crippen LogP contribution in [0.25, 0.3) is 0 Å². The molecular formula is C23H26ClN7O2. The van der Waals surface area contributed by atoms with E-state index >= 15 is 0 Å². The molecule has 0 aliphatic carbocycles. The molecule has 172 valence electrons. The first-order valence-electron chi connectivity index (χ1n) is 10.6. The number of para-hydroxylation sites is 1. The third-order valence-corrected chi connectivity index (χ3v) is 5.63. The number of likely N-dealkylation sites (N-methyl/N-ethyl adjacent to an activating group) is 1. The van der Waals surface area contributed by atoms with Crippen LogP contribution >= 0.6 is 11.6 Å². The second-order valence-corrected chi connectivity index (χ2v) is 8.07. The van der Waals surface area contributed by atoms with E-state index in [0.29, 0.717) is 28.0 Å². The lowest BCUT2D eigenvalue weighted by molar-refractivity contribution is 0.0538. The summed E-state index contributed by atoms with van der Waals surface area (Å²) in [5, 5.41) is 6.64. The molecule has 0 unspecified atom stereocenters. The largest absolute Gasteiger partial charge is 0.369 e. The molecule has 1 aliphatic rings. The molecule has 3 aromatic rings. The zero-order chi connectivity index (χ0) is 23.2. The fourth-order valence-corrected chi connectivity index (χ4v) is 3.67. The van der Waals surface area contributed by atoms with Gasteiger partial charge in [0.2, 0.25) is 5.95 Å². The molecule has 2 aromatic carbocycles. The summed E-state index contributed by atoms with van der Waals surface area (Å²) in [7, 11) is 3.53. The number of hydrogen-bond donors (Lipinski definition) is 3. The van der Waals surface area contributed by atoms with E-state index in [1.807, 2.05) is 18.2 Å². The summed E-state index contributed by atoms with van der Waals surface area (Å²) >= 11 is 6.31. The average molecular weight is 468 g/mol. The predicted octanol–water partition coefficient (Wildman–Crippen LogP) is 3.66. The maximum absolute atomic E-state index is 12.2. The molecule has 4 rings (SSSR count). The quantitative estimate of drug-likeness (QED) is 0.453. The van der Waals surface area contributed by atoms with Crippen LogP contribution in [0.15, 0.2) is 54.7 Å². The van der Waals surface area contributed by atoms with E-state index < -0.39 is 0 Å². The molecule has 10 heteroatoms. The van der Waals surface area contributed by atoms with E-state index in [9.17, 15) is 4.79 Å². The van der Waals surface area contributed by atoms with Gasteiger partial charge in [0.25, 0.3) is 5.91 Å². The smallest absolute Gasteiger partial charge is 0.276 e. The summed E-state index contributed by atoms with van der Waals surface area (Å²) < 4.78 is 0. The van der Waals surface area contributed by atoms with Crippen LogP contribution in [0, 0.1) is 0 Å². The average Bonchev–Trinajstić information content (AvgIpc) is 2.83. The van der Waals surface area contributed by atoms with Gasteiger partial charge in [0.05, 0.1) is 24.6 Å². The number of nitrogens with zero attached hydrogens (tertiary/aromatic N) is 4. The minimum atomic E-state index is -0.385. The van der Waals surface area contributed by atoms with Crippen molar-refractivity contribution in [2.75, 3.05) is 55.9 Å². The van der Waals surface area contributed by atoms with Crippen LogP contribution in [-0.4, -0.2) is 61.1 Å². The van der Waals surface area contributed by atoms with E-state index in [0.717, 1.165) is 31.9 Å². The van der Waals surface area contributed by atoms with Crippen molar-refractivity contribution in [2.45, 2.75) is 0 Å². The number of amides is 1. The van der Waals surface area contributed by atoms with Crippen LogP contribution in [0.3, 0.4) is 0 Å². The molecule has 0 radical (unpaired) electrons. The van der Waals surface area contributed by atoms with E-state index in [-0.39, 0.29) is 5.91 Å². The molecule has 2 heterocycles. The number of rotatable bonds is 7. The van der Waals surface area contributed by atoms with Gasteiger partial charge in [-0.15, -0.1) is 0 Å². The number of carbonyl (C=O) groups is 1. The highest BCUT2D eigenvalue weighted by molar-refractivity contribution is 6.33. The van der Waals surface area contributed by atoms with E-state index in [4.69, 9.17) is 16.4 Å². The summed E-state index contributed by atoms with van der Waals surface area (Å²) in [6.07, 6.45) is 1.51. The normalized spacial score (nSPS) is 14.1. The Bertz CT molecular complexity index is 1100. The van der Waals surface area contributed by atoms with Gasteiger partial charge >= 0.3 is 0 Å². The van der Waals surface area contributed by atoms with Crippen molar-refractivity contribution in [1.82, 2.24) is 20.3 Å². The van der Waals surface area contributed by atoms with Gasteiger partial charge in [0.1, 0.15) is 5.02 Å². The van der Waals surface area contributed by atoms with Crippen molar-refractivity contribution in [2.24, 2.45) is 0 Å². The summed E-state index contributed by atoms with van der Waals surface area (Å²) in [6.45, 7) is 4.15. The number of nitrogens with one attached hydrogen (secondary N) is 3. The van der Waals surface area contributed by atoms with Crippen molar-refractivity contribution >= 4 is 46.3 Å². The molecule has 9 nitrogen and oxygen atoms in total. The molecule has 33 heavy (non-hydrogen) atoms. The number of hydroxylamine groups is 1. The van der Waals surface area contributed by atoms with Crippen molar-refractivity contribution in [3.05, 3.63) is 65.3 Å². The van der Waals surface area contributed by atoms with Gasteiger partial charge < -0.3 is 20.4 Å². The molecule has 1 fully saturated rings. The molecule has 1 saturated heterocycles. The maximum atomic E-state index is 12.2. The van der Waals surface area contributed by atoms with Crippen LogP contribution in [-0.2, 0) is 4.84 Å². The van der Waals surface area contributed by atoms with Crippen LogP contribution < -0.4 is 21.0 Å². The van der Waals surface area contributed by atoms with Gasteiger partial charge in [0.15, 0.2) is 5.82 Å². The van der Waals surface area contributed by atoms with Crippen molar-refractivity contribution in [3.8, 4) is 0 Å². The van der Waals surface area contributed by atoms with E-state index in [2.05, 4.69) is 55.1 Å². The highest BCUT2D eigenvalue weighted by atomic mass is 35.5. The first-order valence-corrected chi connectivity index (χ1v) is 10.9. The fourth-order valence-electron chi connectivity index (χ4n) is 3.53. The molecule has 0 atom stereocenters. The summed E-state index contributed by atoms with van der Waals surface area (Å²) in [4.78, 5) is 30.4. The Balaban J connectivity index is 1.48. The monoisotopic (exact) mass is 467 g/mol. The van der Waals surface area contributed by atoms with Crippen LogP contribution in [0.1, 0.15) is 10.4 Å². The zero-order valence-electron chi connectivity index (χ0n) is 18.5. The fraction of sp³-hybridized carbons (Fsp3) is 0.261. The van der Waals surface area contributed by atoms with Crippen LogP contribution in [0.4, 0.5) is 28.8 Å². The SMILES string of the molecule is CONC(=O)c1ccccc1Nc1nc(Nc2ccc(N3CCN(C)CC3)cc2)ncc1Cl. The van der Waals surface area contributed by atoms with E-state index in [1.54, 1.807) is 18.2 Å². The van der Waals surface area contributed by atoms with Crippen LogP contribution in [0.2, 0.25) is 5.02 Å². The van der Waals surface area contributed by atoms with Gasteiger partial charge in [0, 0.05) is 37.6 Å². The Morgan fingerprint density at radius 1 is 1.03 bits per heavy atom. The highest BCUT2D eigenvalue weighted by Gasteiger charge is 2.15. The lowest BCUT2D eigenvalue weighted by atomic mass is 10.1. The van der Waals surface area contributed by atoms with Gasteiger partial charge in [-0.3, -0.25) is 9.63 Å². The van der Waals surface area contributed by atoms with Crippen LogP contribution in [0.5, 0.6) is 0 Å². The second kappa shape index (κ2) is 10.5. The summed E-state index contributed by atoms with van der Waals surface area (Å²) in [6, 6.07) is 15.2. The lowest BCUT2D eigenvalue weighted by Gasteiger charge is -2.34. The first-order chi connectivity index (χ1) is 16.0. The number of hydrogen-bond acceptors (Lipinski definition) is 8.